The van der Waals surface area contributed by atoms with Crippen molar-refractivity contribution in [2.24, 2.45) is 0 Å². The van der Waals surface area contributed by atoms with Gasteiger partial charge in [0.05, 0.1) is 17.2 Å². The number of aromatic nitrogens is 2. The van der Waals surface area contributed by atoms with Crippen LogP contribution in [-0.4, -0.2) is 25.4 Å². The molecule has 2 aromatic rings. The van der Waals surface area contributed by atoms with E-state index in [1.165, 1.54) is 23.6 Å². The van der Waals surface area contributed by atoms with Gasteiger partial charge in [0, 0.05) is 18.6 Å². The van der Waals surface area contributed by atoms with Gasteiger partial charge in [0.2, 0.25) is 10.0 Å². The Kier molecular flexibility index (Phi) is 4.13. The second kappa shape index (κ2) is 5.64. The summed E-state index contributed by atoms with van der Waals surface area (Å²) in [4.78, 5) is 8.32. The predicted molar refractivity (Wildman–Crippen MR) is 74.7 cm³/mol. The molecule has 0 spiro atoms. The molecule has 0 radical (unpaired) electrons. The summed E-state index contributed by atoms with van der Waals surface area (Å²) in [5, 5.41) is 5.58. The summed E-state index contributed by atoms with van der Waals surface area (Å²) in [7, 11) is -1.83. The van der Waals surface area contributed by atoms with Crippen LogP contribution in [0.4, 0.5) is 5.82 Å². The Morgan fingerprint density at radius 3 is 2.68 bits per heavy atom. The van der Waals surface area contributed by atoms with Gasteiger partial charge in [-0.25, -0.2) is 23.1 Å². The van der Waals surface area contributed by atoms with E-state index in [0.717, 1.165) is 5.01 Å². The van der Waals surface area contributed by atoms with Crippen molar-refractivity contribution < 1.29 is 8.42 Å². The fourth-order valence-corrected chi connectivity index (χ4v) is 2.98. The molecule has 0 saturated heterocycles. The van der Waals surface area contributed by atoms with E-state index in [0.29, 0.717) is 11.5 Å². The van der Waals surface area contributed by atoms with Crippen molar-refractivity contribution in [3.8, 4) is 0 Å². The summed E-state index contributed by atoms with van der Waals surface area (Å²) < 4.78 is 26.5. The molecule has 2 aromatic heterocycles. The Hall–Kier alpha value is -1.51. The van der Waals surface area contributed by atoms with Crippen molar-refractivity contribution in [1.29, 1.82) is 0 Å². The van der Waals surface area contributed by atoms with Gasteiger partial charge in [-0.3, -0.25) is 0 Å². The van der Waals surface area contributed by atoms with E-state index < -0.39 is 10.0 Å². The highest BCUT2D eigenvalue weighted by molar-refractivity contribution is 7.89. The van der Waals surface area contributed by atoms with Crippen molar-refractivity contribution in [2.75, 3.05) is 12.4 Å². The Labute approximate surface area is 116 Å². The normalized spacial score (nSPS) is 11.5. The van der Waals surface area contributed by atoms with E-state index >= 15 is 0 Å². The Morgan fingerprint density at radius 2 is 2.16 bits per heavy atom. The van der Waals surface area contributed by atoms with Gasteiger partial charge in [-0.15, -0.1) is 11.3 Å². The number of hydrogen-bond donors (Lipinski definition) is 2. The van der Waals surface area contributed by atoms with Crippen molar-refractivity contribution in [3.63, 3.8) is 0 Å². The average molecular weight is 298 g/mol. The molecule has 102 valence electrons. The Morgan fingerprint density at radius 1 is 1.37 bits per heavy atom. The van der Waals surface area contributed by atoms with E-state index in [2.05, 4.69) is 20.0 Å². The van der Waals surface area contributed by atoms with Gasteiger partial charge >= 0.3 is 0 Å². The zero-order chi connectivity index (χ0) is 13.9. The maximum Gasteiger partial charge on any atom is 0.242 e. The largest absolute Gasteiger partial charge is 0.373 e. The molecule has 0 fully saturated rings. The zero-order valence-electron chi connectivity index (χ0n) is 10.5. The van der Waals surface area contributed by atoms with Crippen LogP contribution in [0.2, 0.25) is 0 Å². The second-order valence-corrected chi connectivity index (χ2v) is 6.64. The minimum Gasteiger partial charge on any atom is -0.373 e. The first kappa shape index (κ1) is 13.9. The molecule has 0 aliphatic heterocycles. The molecule has 19 heavy (non-hydrogen) atoms. The quantitative estimate of drug-likeness (QED) is 0.871. The summed E-state index contributed by atoms with van der Waals surface area (Å²) in [6.07, 6.45) is 1.32. The summed E-state index contributed by atoms with van der Waals surface area (Å²) in [6, 6.07) is 3.12. The summed E-state index contributed by atoms with van der Waals surface area (Å²) >= 11 is 1.49. The summed E-state index contributed by atoms with van der Waals surface area (Å²) in [5.41, 5.74) is 0.714. The maximum absolute atomic E-state index is 12.0. The smallest absolute Gasteiger partial charge is 0.242 e. The molecular weight excluding hydrogens is 284 g/mol. The first-order valence-corrected chi connectivity index (χ1v) is 7.92. The molecule has 0 bridgehead atoms. The monoisotopic (exact) mass is 298 g/mol. The number of sulfonamides is 1. The number of aryl methyl sites for hydroxylation is 1. The lowest BCUT2D eigenvalue weighted by Crippen LogP contribution is -2.23. The average Bonchev–Trinajstić information content (AvgIpc) is 2.82. The van der Waals surface area contributed by atoms with Crippen LogP contribution in [0.1, 0.15) is 10.7 Å². The van der Waals surface area contributed by atoms with E-state index in [1.54, 1.807) is 13.1 Å². The number of thiazole rings is 1. The SMILES string of the molecule is CNc1ccc(S(=O)(=O)NCc2csc(C)n2)cn1. The van der Waals surface area contributed by atoms with Gasteiger partial charge in [-0.2, -0.15) is 0 Å². The first-order valence-electron chi connectivity index (χ1n) is 5.56. The maximum atomic E-state index is 12.0. The van der Waals surface area contributed by atoms with Crippen molar-refractivity contribution in [1.82, 2.24) is 14.7 Å². The fourth-order valence-electron chi connectivity index (χ4n) is 1.43. The topological polar surface area (TPSA) is 84.0 Å². The highest BCUT2D eigenvalue weighted by atomic mass is 32.2. The van der Waals surface area contributed by atoms with Gasteiger partial charge in [0.15, 0.2) is 0 Å². The number of nitrogens with one attached hydrogen (secondary N) is 2. The highest BCUT2D eigenvalue weighted by Crippen LogP contribution is 2.12. The number of anilines is 1. The molecule has 0 unspecified atom stereocenters. The number of rotatable bonds is 5. The van der Waals surface area contributed by atoms with Crippen molar-refractivity contribution in [2.45, 2.75) is 18.4 Å². The molecule has 0 aromatic carbocycles. The molecule has 8 heteroatoms. The van der Waals surface area contributed by atoms with Crippen LogP contribution in [0.5, 0.6) is 0 Å². The summed E-state index contributed by atoms with van der Waals surface area (Å²) in [5.74, 6) is 0.620. The lowest BCUT2D eigenvalue weighted by atomic mass is 10.5. The third kappa shape index (κ3) is 3.49. The van der Waals surface area contributed by atoms with Crippen LogP contribution < -0.4 is 10.0 Å². The second-order valence-electron chi connectivity index (χ2n) is 3.81. The fraction of sp³-hybridized carbons (Fsp3) is 0.273. The van der Waals surface area contributed by atoms with Gasteiger partial charge in [0.25, 0.3) is 0 Å². The Bertz CT molecular complexity index is 650. The van der Waals surface area contributed by atoms with Crippen LogP contribution in [0.25, 0.3) is 0 Å². The molecule has 0 aliphatic rings. The van der Waals surface area contributed by atoms with E-state index in [-0.39, 0.29) is 11.4 Å². The van der Waals surface area contributed by atoms with E-state index in [1.807, 2.05) is 12.3 Å². The lowest BCUT2D eigenvalue weighted by Gasteiger charge is -2.05. The van der Waals surface area contributed by atoms with E-state index in [9.17, 15) is 8.42 Å². The first-order chi connectivity index (χ1) is 9.01. The molecule has 2 rings (SSSR count). The van der Waals surface area contributed by atoms with Gasteiger partial charge in [0.1, 0.15) is 10.7 Å². The van der Waals surface area contributed by atoms with Crippen LogP contribution >= 0.6 is 11.3 Å². The van der Waals surface area contributed by atoms with Crippen molar-refractivity contribution >= 4 is 27.2 Å². The van der Waals surface area contributed by atoms with Crippen LogP contribution in [-0.2, 0) is 16.6 Å². The molecule has 0 saturated carbocycles. The zero-order valence-corrected chi connectivity index (χ0v) is 12.2. The number of nitrogens with zero attached hydrogens (tertiary/aromatic N) is 2. The third-order valence-corrected chi connectivity index (χ3v) is 4.62. The molecule has 0 atom stereocenters. The molecule has 0 aliphatic carbocycles. The van der Waals surface area contributed by atoms with E-state index in [4.69, 9.17) is 0 Å². The third-order valence-electron chi connectivity index (χ3n) is 2.41. The lowest BCUT2D eigenvalue weighted by molar-refractivity contribution is 0.580. The molecule has 2 heterocycles. The number of pyridine rings is 1. The Balaban J connectivity index is 2.09. The minimum absolute atomic E-state index is 0.137. The summed E-state index contributed by atoms with van der Waals surface area (Å²) in [6.45, 7) is 2.06. The molecule has 6 nitrogen and oxygen atoms in total. The van der Waals surface area contributed by atoms with Gasteiger partial charge < -0.3 is 5.32 Å². The highest BCUT2D eigenvalue weighted by Gasteiger charge is 2.14. The molecule has 0 amide bonds. The van der Waals surface area contributed by atoms with Crippen LogP contribution in [0, 0.1) is 6.92 Å². The molecular formula is C11H14N4O2S2. The van der Waals surface area contributed by atoms with Crippen molar-refractivity contribution in [3.05, 3.63) is 34.4 Å². The number of hydrogen-bond acceptors (Lipinski definition) is 6. The van der Waals surface area contributed by atoms with Crippen LogP contribution in [0.3, 0.4) is 0 Å². The molecule has 2 N–H and O–H groups in total. The van der Waals surface area contributed by atoms with Gasteiger partial charge in [-0.05, 0) is 19.1 Å². The van der Waals surface area contributed by atoms with Crippen LogP contribution in [0.15, 0.2) is 28.6 Å². The standard InChI is InChI=1S/C11H14N4O2S2/c1-8-15-9(7-18-8)5-14-19(16,17)10-3-4-11(12-2)13-6-10/h3-4,6-7,14H,5H2,1-2H3,(H,12,13). The predicted octanol–water partition coefficient (Wildman–Crippen LogP) is 1.37. The van der Waals surface area contributed by atoms with Gasteiger partial charge in [-0.1, -0.05) is 0 Å². The minimum atomic E-state index is -3.55.